The summed E-state index contributed by atoms with van der Waals surface area (Å²) < 4.78 is 0. The normalized spacial score (nSPS) is 22.8. The molecule has 0 bridgehead atoms. The van der Waals surface area contributed by atoms with E-state index in [-0.39, 0.29) is 10.8 Å². The Kier molecular flexibility index (Phi) is 6.28. The molecule has 196 valence electrons. The number of halogens is 1. The van der Waals surface area contributed by atoms with Crippen LogP contribution in [0.15, 0.2) is 66.7 Å². The summed E-state index contributed by atoms with van der Waals surface area (Å²) in [5, 5.41) is 19.2. The highest BCUT2D eigenvalue weighted by atomic mass is 35.5. The van der Waals surface area contributed by atoms with E-state index < -0.39 is 0 Å². The average molecular weight is 527 g/mol. The number of hydrogen-bond acceptors (Lipinski definition) is 5. The molecule has 1 fully saturated rings. The van der Waals surface area contributed by atoms with Gasteiger partial charge >= 0.3 is 0 Å². The first-order chi connectivity index (χ1) is 18.2. The summed E-state index contributed by atoms with van der Waals surface area (Å²) in [5.41, 5.74) is 7.68. The molecule has 4 aromatic rings. The largest absolute Gasteiger partial charge is 0.366 e. The van der Waals surface area contributed by atoms with Gasteiger partial charge in [-0.3, -0.25) is 0 Å². The van der Waals surface area contributed by atoms with Crippen molar-refractivity contribution in [3.8, 4) is 11.4 Å². The number of H-pyrrole nitrogens is 1. The molecule has 6 rings (SSSR count). The van der Waals surface area contributed by atoms with E-state index in [1.54, 1.807) is 0 Å². The van der Waals surface area contributed by atoms with Gasteiger partial charge in [0, 0.05) is 53.3 Å². The van der Waals surface area contributed by atoms with Crippen LogP contribution >= 0.6 is 11.6 Å². The number of aryl methyl sites for hydroxylation is 1. The first kappa shape index (κ1) is 25.1. The Hall–Kier alpha value is -3.22. The first-order valence-electron chi connectivity index (χ1n) is 13.4. The summed E-state index contributed by atoms with van der Waals surface area (Å²) in [7, 11) is 0. The molecule has 1 aromatic heterocycles. The van der Waals surface area contributed by atoms with Gasteiger partial charge in [-0.1, -0.05) is 86.5 Å². The number of hydrogen-bond donors (Lipinski definition) is 2. The lowest BCUT2D eigenvalue weighted by molar-refractivity contribution is 0.256. The van der Waals surface area contributed by atoms with Gasteiger partial charge in [-0.2, -0.15) is 5.21 Å². The second kappa shape index (κ2) is 9.51. The minimum absolute atomic E-state index is 0.0760. The van der Waals surface area contributed by atoms with E-state index in [2.05, 4.69) is 119 Å². The fraction of sp³-hybridized carbons (Fsp3) is 0.387. The third-order valence-corrected chi connectivity index (χ3v) is 8.53. The van der Waals surface area contributed by atoms with E-state index in [0.717, 1.165) is 36.6 Å². The van der Waals surface area contributed by atoms with Crippen molar-refractivity contribution in [3.05, 3.63) is 94.0 Å². The Labute approximate surface area is 229 Å². The number of aromatic nitrogens is 4. The van der Waals surface area contributed by atoms with Crippen molar-refractivity contribution < 1.29 is 0 Å². The van der Waals surface area contributed by atoms with Gasteiger partial charge in [0.15, 0.2) is 0 Å². The van der Waals surface area contributed by atoms with Gasteiger partial charge in [-0.25, -0.2) is 0 Å². The highest BCUT2D eigenvalue weighted by molar-refractivity contribution is 6.30. The molecular weight excluding hydrogens is 492 g/mol. The molecule has 2 N–H and O–H groups in total. The highest BCUT2D eigenvalue weighted by Crippen LogP contribution is 2.56. The molecule has 0 saturated carbocycles. The van der Waals surface area contributed by atoms with Gasteiger partial charge < -0.3 is 10.2 Å². The van der Waals surface area contributed by atoms with Crippen LogP contribution in [-0.2, 0) is 12.0 Å². The van der Waals surface area contributed by atoms with E-state index in [1.165, 1.54) is 27.9 Å². The van der Waals surface area contributed by atoms with Crippen LogP contribution < -0.4 is 10.2 Å². The van der Waals surface area contributed by atoms with Crippen molar-refractivity contribution in [3.63, 3.8) is 0 Å². The Morgan fingerprint density at radius 3 is 2.47 bits per heavy atom. The zero-order chi connectivity index (χ0) is 26.5. The molecule has 1 saturated heterocycles. The van der Waals surface area contributed by atoms with E-state index in [4.69, 9.17) is 11.6 Å². The molecule has 0 radical (unpaired) electrons. The van der Waals surface area contributed by atoms with Gasteiger partial charge in [0.05, 0.1) is 0 Å². The van der Waals surface area contributed by atoms with Crippen LogP contribution in [0.5, 0.6) is 0 Å². The minimum Gasteiger partial charge on any atom is -0.366 e. The van der Waals surface area contributed by atoms with E-state index in [1.807, 2.05) is 6.07 Å². The third-order valence-electron chi connectivity index (χ3n) is 8.29. The number of tetrazole rings is 1. The summed E-state index contributed by atoms with van der Waals surface area (Å²) in [5.74, 6) is 0.970. The smallest absolute Gasteiger partial charge is 0.204 e. The Morgan fingerprint density at radius 1 is 1.03 bits per heavy atom. The predicted molar refractivity (Wildman–Crippen MR) is 154 cm³/mol. The molecule has 38 heavy (non-hydrogen) atoms. The maximum Gasteiger partial charge on any atom is 0.204 e. The molecule has 7 heteroatoms. The zero-order valence-corrected chi connectivity index (χ0v) is 23.3. The number of aromatic amines is 1. The van der Waals surface area contributed by atoms with Crippen molar-refractivity contribution >= 4 is 17.3 Å². The zero-order valence-electron chi connectivity index (χ0n) is 22.5. The molecule has 1 spiro atoms. The fourth-order valence-corrected chi connectivity index (χ4v) is 6.76. The van der Waals surface area contributed by atoms with Crippen LogP contribution in [0.4, 0.5) is 5.69 Å². The topological polar surface area (TPSA) is 69.7 Å². The van der Waals surface area contributed by atoms with Crippen molar-refractivity contribution in [1.29, 1.82) is 0 Å². The predicted octanol–water partition coefficient (Wildman–Crippen LogP) is 6.28. The molecule has 3 heterocycles. The lowest BCUT2D eigenvalue weighted by Crippen LogP contribution is -2.48. The molecule has 6 nitrogen and oxygen atoms in total. The van der Waals surface area contributed by atoms with Crippen molar-refractivity contribution in [1.82, 2.24) is 25.9 Å². The second-order valence-corrected chi connectivity index (χ2v) is 12.6. The van der Waals surface area contributed by atoms with Gasteiger partial charge in [0.25, 0.3) is 0 Å². The summed E-state index contributed by atoms with van der Waals surface area (Å²) in [6, 6.07) is 24.5. The van der Waals surface area contributed by atoms with Crippen molar-refractivity contribution in [2.75, 3.05) is 18.0 Å². The SMILES string of the molecule is Cc1ccc([C@H]2CN[C@@H](CC(C)(C)C)[C@@]23CN(Cc2ccc(-c4nn[nH]n4)cc2)c2ccc(Cl)cc23)cc1. The maximum absolute atomic E-state index is 6.70. The summed E-state index contributed by atoms with van der Waals surface area (Å²) >= 11 is 6.70. The van der Waals surface area contributed by atoms with Gasteiger partial charge in [0.2, 0.25) is 5.82 Å². The van der Waals surface area contributed by atoms with Gasteiger partial charge in [-0.05, 0) is 58.9 Å². The monoisotopic (exact) mass is 526 g/mol. The molecule has 2 aliphatic rings. The molecule has 0 unspecified atom stereocenters. The van der Waals surface area contributed by atoms with Crippen LogP contribution in [0.3, 0.4) is 0 Å². The Balaban J connectivity index is 1.41. The number of fused-ring (bicyclic) bond motifs is 2. The highest BCUT2D eigenvalue weighted by Gasteiger charge is 2.57. The quantitative estimate of drug-likeness (QED) is 0.320. The van der Waals surface area contributed by atoms with E-state index in [9.17, 15) is 0 Å². The summed E-state index contributed by atoms with van der Waals surface area (Å²) in [6.45, 7) is 11.9. The Morgan fingerprint density at radius 2 is 1.79 bits per heavy atom. The molecule has 3 aromatic carbocycles. The molecule has 0 aliphatic carbocycles. The average Bonchev–Trinajstić information content (AvgIpc) is 3.60. The second-order valence-electron chi connectivity index (χ2n) is 12.2. The summed E-state index contributed by atoms with van der Waals surface area (Å²) in [4.78, 5) is 2.55. The lowest BCUT2D eigenvalue weighted by Gasteiger charge is -2.40. The van der Waals surface area contributed by atoms with Crippen LogP contribution in [0, 0.1) is 12.3 Å². The van der Waals surface area contributed by atoms with Crippen LogP contribution in [0.1, 0.15) is 55.4 Å². The number of nitrogens with one attached hydrogen (secondary N) is 2. The first-order valence-corrected chi connectivity index (χ1v) is 13.8. The minimum atomic E-state index is -0.0760. The van der Waals surface area contributed by atoms with E-state index >= 15 is 0 Å². The molecule has 0 amide bonds. The molecular formula is C31H35ClN6. The fourth-order valence-electron chi connectivity index (χ4n) is 6.59. The Bertz CT molecular complexity index is 1410. The van der Waals surface area contributed by atoms with Crippen LogP contribution in [-0.4, -0.2) is 39.8 Å². The van der Waals surface area contributed by atoms with Crippen molar-refractivity contribution in [2.45, 2.75) is 58.0 Å². The number of anilines is 1. The van der Waals surface area contributed by atoms with Gasteiger partial charge in [0.1, 0.15) is 0 Å². The van der Waals surface area contributed by atoms with Crippen molar-refractivity contribution in [2.24, 2.45) is 5.41 Å². The molecule has 3 atom stereocenters. The maximum atomic E-state index is 6.70. The lowest BCUT2D eigenvalue weighted by atomic mass is 9.64. The number of benzene rings is 3. The van der Waals surface area contributed by atoms with Crippen LogP contribution in [0.2, 0.25) is 5.02 Å². The number of rotatable bonds is 5. The third kappa shape index (κ3) is 4.50. The molecule has 2 aliphatic heterocycles. The van der Waals surface area contributed by atoms with E-state index in [0.29, 0.717) is 17.8 Å². The van der Waals surface area contributed by atoms with Crippen LogP contribution in [0.25, 0.3) is 11.4 Å². The standard InChI is InChI=1S/C31H35ClN6/c1-20-5-9-22(10-6-20)26-17-33-28(16-30(2,3)4)31(26)19-38(27-14-13-24(32)15-25(27)31)18-21-7-11-23(12-8-21)29-34-36-37-35-29/h5-15,26,28,33H,16-19H2,1-4H3,(H,34,35,36,37)/t26-,28+,31-/m1/s1. The summed E-state index contributed by atoms with van der Waals surface area (Å²) in [6.07, 6.45) is 1.09. The van der Waals surface area contributed by atoms with Gasteiger partial charge in [-0.15, -0.1) is 10.2 Å². The number of nitrogens with zero attached hydrogens (tertiary/aromatic N) is 4.